The number of thioether (sulfide) groups is 1. The molecule has 9 nitrogen and oxygen atoms in total. The van der Waals surface area contributed by atoms with E-state index in [9.17, 15) is 4.79 Å². The smallest absolute Gasteiger partial charge is 0.236 e. The maximum absolute atomic E-state index is 12.1. The lowest BCUT2D eigenvalue weighted by molar-refractivity contribution is -0.113. The van der Waals surface area contributed by atoms with E-state index in [0.717, 1.165) is 17.0 Å². The molecular formula is C16H14N8OS2. The fourth-order valence-corrected chi connectivity index (χ4v) is 3.62. The van der Waals surface area contributed by atoms with Gasteiger partial charge in [-0.1, -0.05) is 30.0 Å². The Balaban J connectivity index is 1.47. The second-order valence-corrected chi connectivity index (χ2v) is 7.45. The van der Waals surface area contributed by atoms with Gasteiger partial charge in [-0.15, -0.1) is 20.4 Å². The van der Waals surface area contributed by atoms with Crippen molar-refractivity contribution < 1.29 is 4.79 Å². The van der Waals surface area contributed by atoms with Crippen molar-refractivity contribution in [2.75, 3.05) is 11.1 Å². The minimum atomic E-state index is -0.154. The van der Waals surface area contributed by atoms with Crippen LogP contribution in [0.15, 0.2) is 41.7 Å². The average molecular weight is 398 g/mol. The SMILES string of the molecule is CCc1nnc(NC(=O)CSc2ccc3nnc(-c4ccncc4)n3n2)s1. The summed E-state index contributed by atoms with van der Waals surface area (Å²) in [4.78, 5) is 16.1. The molecule has 0 aliphatic carbocycles. The fraction of sp³-hybridized carbons (Fsp3) is 0.188. The molecular weight excluding hydrogens is 384 g/mol. The third-order valence-corrected chi connectivity index (χ3v) is 5.45. The molecule has 4 heterocycles. The number of hydrogen-bond donors (Lipinski definition) is 1. The van der Waals surface area contributed by atoms with Crippen LogP contribution in [0.25, 0.3) is 17.0 Å². The maximum Gasteiger partial charge on any atom is 0.236 e. The van der Waals surface area contributed by atoms with E-state index in [1.165, 1.54) is 23.1 Å². The molecule has 0 fully saturated rings. The molecule has 0 aromatic carbocycles. The van der Waals surface area contributed by atoms with Gasteiger partial charge in [-0.25, -0.2) is 0 Å². The van der Waals surface area contributed by atoms with Crippen molar-refractivity contribution in [2.24, 2.45) is 0 Å². The van der Waals surface area contributed by atoms with E-state index in [1.807, 2.05) is 31.2 Å². The third kappa shape index (κ3) is 3.93. The van der Waals surface area contributed by atoms with Gasteiger partial charge in [-0.05, 0) is 30.7 Å². The highest BCUT2D eigenvalue weighted by Crippen LogP contribution is 2.21. The molecule has 4 aromatic rings. The number of nitrogens with zero attached hydrogens (tertiary/aromatic N) is 7. The van der Waals surface area contributed by atoms with Crippen LogP contribution in [0.2, 0.25) is 0 Å². The van der Waals surface area contributed by atoms with Crippen molar-refractivity contribution in [1.82, 2.24) is 35.0 Å². The number of amides is 1. The van der Waals surface area contributed by atoms with Gasteiger partial charge in [0.2, 0.25) is 11.0 Å². The van der Waals surface area contributed by atoms with Crippen molar-refractivity contribution in [3.63, 3.8) is 0 Å². The van der Waals surface area contributed by atoms with Gasteiger partial charge in [0.1, 0.15) is 10.0 Å². The van der Waals surface area contributed by atoms with Crippen LogP contribution in [0.1, 0.15) is 11.9 Å². The molecule has 4 aromatic heterocycles. The number of aromatic nitrogens is 7. The van der Waals surface area contributed by atoms with Gasteiger partial charge >= 0.3 is 0 Å². The predicted octanol–water partition coefficient (Wildman–Crippen LogP) is 2.33. The van der Waals surface area contributed by atoms with Crippen molar-refractivity contribution in [2.45, 2.75) is 18.4 Å². The number of hydrogen-bond acceptors (Lipinski definition) is 9. The summed E-state index contributed by atoms with van der Waals surface area (Å²) in [5, 5.41) is 25.6. The molecule has 0 spiro atoms. The molecule has 0 bridgehead atoms. The topological polar surface area (TPSA) is 111 Å². The summed E-state index contributed by atoms with van der Waals surface area (Å²) in [5.74, 6) is 0.686. The number of nitrogens with one attached hydrogen (secondary N) is 1. The Bertz CT molecular complexity index is 1080. The molecule has 1 N–H and O–H groups in total. The van der Waals surface area contributed by atoms with E-state index in [1.54, 1.807) is 16.9 Å². The Kier molecular flexibility index (Phi) is 5.03. The van der Waals surface area contributed by atoms with Gasteiger partial charge in [0.15, 0.2) is 11.5 Å². The highest BCUT2D eigenvalue weighted by molar-refractivity contribution is 7.99. The van der Waals surface area contributed by atoms with Crippen LogP contribution in [0.4, 0.5) is 5.13 Å². The molecule has 0 aliphatic heterocycles. The van der Waals surface area contributed by atoms with Gasteiger partial charge in [0, 0.05) is 18.0 Å². The Morgan fingerprint density at radius 1 is 1.15 bits per heavy atom. The number of carbonyl (C=O) groups is 1. The van der Waals surface area contributed by atoms with Crippen LogP contribution in [-0.4, -0.2) is 46.7 Å². The molecule has 0 saturated carbocycles. The molecule has 0 aliphatic rings. The van der Waals surface area contributed by atoms with Crippen LogP contribution >= 0.6 is 23.1 Å². The first-order valence-corrected chi connectivity index (χ1v) is 9.91. The lowest BCUT2D eigenvalue weighted by atomic mass is 10.2. The fourth-order valence-electron chi connectivity index (χ4n) is 2.27. The van der Waals surface area contributed by atoms with Crippen LogP contribution in [-0.2, 0) is 11.2 Å². The van der Waals surface area contributed by atoms with E-state index in [-0.39, 0.29) is 11.7 Å². The Morgan fingerprint density at radius 2 is 2.00 bits per heavy atom. The summed E-state index contributed by atoms with van der Waals surface area (Å²) in [6, 6.07) is 7.33. The van der Waals surface area contributed by atoms with Gasteiger partial charge in [0.25, 0.3) is 0 Å². The zero-order chi connectivity index (χ0) is 18.6. The number of pyridine rings is 1. The van der Waals surface area contributed by atoms with E-state index >= 15 is 0 Å². The second kappa shape index (κ2) is 7.76. The Morgan fingerprint density at radius 3 is 2.78 bits per heavy atom. The molecule has 0 atom stereocenters. The standard InChI is InChI=1S/C16H14N8OS2/c1-2-13-20-22-16(27-13)18-12(25)9-26-14-4-3-11-19-21-15(24(11)23-14)10-5-7-17-8-6-10/h3-8H,2,9H2,1H3,(H,18,22,25). The lowest BCUT2D eigenvalue weighted by Gasteiger charge is -2.03. The monoisotopic (exact) mass is 398 g/mol. The molecule has 0 unspecified atom stereocenters. The predicted molar refractivity (Wildman–Crippen MR) is 103 cm³/mol. The normalized spacial score (nSPS) is 11.0. The second-order valence-electron chi connectivity index (χ2n) is 5.39. The van der Waals surface area contributed by atoms with Gasteiger partial charge < -0.3 is 0 Å². The quantitative estimate of drug-likeness (QED) is 0.493. The van der Waals surface area contributed by atoms with Gasteiger partial charge in [-0.2, -0.15) is 9.61 Å². The number of aryl methyl sites for hydroxylation is 1. The van der Waals surface area contributed by atoms with Crippen LogP contribution in [0.5, 0.6) is 0 Å². The highest BCUT2D eigenvalue weighted by Gasteiger charge is 2.12. The molecule has 0 radical (unpaired) electrons. The minimum Gasteiger partial charge on any atom is -0.300 e. The highest BCUT2D eigenvalue weighted by atomic mass is 32.2. The summed E-state index contributed by atoms with van der Waals surface area (Å²) in [7, 11) is 0. The van der Waals surface area contributed by atoms with E-state index in [0.29, 0.717) is 21.6 Å². The molecule has 136 valence electrons. The van der Waals surface area contributed by atoms with Crippen molar-refractivity contribution in [1.29, 1.82) is 0 Å². The van der Waals surface area contributed by atoms with Crippen molar-refractivity contribution in [3.8, 4) is 11.4 Å². The lowest BCUT2D eigenvalue weighted by Crippen LogP contribution is -2.14. The summed E-state index contributed by atoms with van der Waals surface area (Å²) >= 11 is 2.71. The summed E-state index contributed by atoms with van der Waals surface area (Å²) < 4.78 is 1.66. The summed E-state index contributed by atoms with van der Waals surface area (Å²) in [6.07, 6.45) is 4.18. The maximum atomic E-state index is 12.1. The average Bonchev–Trinajstić information content (AvgIpc) is 3.33. The van der Waals surface area contributed by atoms with Gasteiger partial charge in [-0.3, -0.25) is 15.1 Å². The third-order valence-electron chi connectivity index (χ3n) is 3.54. The largest absolute Gasteiger partial charge is 0.300 e. The molecule has 1 amide bonds. The summed E-state index contributed by atoms with van der Waals surface area (Å²) in [5.41, 5.74) is 1.50. The molecule has 0 saturated heterocycles. The number of fused-ring (bicyclic) bond motifs is 1. The molecule has 27 heavy (non-hydrogen) atoms. The van der Waals surface area contributed by atoms with E-state index in [4.69, 9.17) is 0 Å². The van der Waals surface area contributed by atoms with Crippen molar-refractivity contribution >= 4 is 39.8 Å². The number of rotatable bonds is 6. The minimum absolute atomic E-state index is 0.154. The Labute approximate surface area is 162 Å². The van der Waals surface area contributed by atoms with Crippen molar-refractivity contribution in [3.05, 3.63) is 41.7 Å². The number of anilines is 1. The summed E-state index contributed by atoms with van der Waals surface area (Å²) in [6.45, 7) is 1.99. The Hall–Kier alpha value is -2.92. The van der Waals surface area contributed by atoms with Crippen LogP contribution in [0.3, 0.4) is 0 Å². The van der Waals surface area contributed by atoms with E-state index in [2.05, 4.69) is 35.8 Å². The zero-order valence-corrected chi connectivity index (χ0v) is 15.9. The first-order valence-electron chi connectivity index (χ1n) is 8.11. The van der Waals surface area contributed by atoms with E-state index < -0.39 is 0 Å². The molecule has 4 rings (SSSR count). The van der Waals surface area contributed by atoms with Crippen LogP contribution in [0, 0.1) is 0 Å². The first-order chi connectivity index (χ1) is 13.2. The van der Waals surface area contributed by atoms with Gasteiger partial charge in [0.05, 0.1) is 5.75 Å². The zero-order valence-electron chi connectivity index (χ0n) is 14.2. The number of carbonyl (C=O) groups excluding carboxylic acids is 1. The molecule has 11 heteroatoms. The van der Waals surface area contributed by atoms with Crippen LogP contribution < -0.4 is 5.32 Å². The first kappa shape index (κ1) is 17.5.